The second-order valence-corrected chi connectivity index (χ2v) is 5.91. The van der Waals surface area contributed by atoms with Gasteiger partial charge in [0.2, 0.25) is 0 Å². The molecule has 3 atom stereocenters. The molecular formula is C10H16N5O8P. The predicted molar refractivity (Wildman–Crippen MR) is 78.4 cm³/mol. The van der Waals surface area contributed by atoms with Crippen LogP contribution >= 0.6 is 7.82 Å². The molecule has 1 fully saturated rings. The number of nitrogen functional groups attached to an aromatic ring is 1. The summed E-state index contributed by atoms with van der Waals surface area (Å²) in [4.78, 5) is 43.8. The van der Waals surface area contributed by atoms with E-state index in [1.54, 1.807) is 0 Å². The van der Waals surface area contributed by atoms with Crippen molar-refractivity contribution in [1.82, 2.24) is 19.5 Å². The maximum absolute atomic E-state index is 11.9. The molecule has 0 aromatic carbocycles. The summed E-state index contributed by atoms with van der Waals surface area (Å²) >= 11 is 0. The van der Waals surface area contributed by atoms with Crippen LogP contribution in [0.15, 0.2) is 11.1 Å². The number of imidazole rings is 1. The maximum atomic E-state index is 11.9. The minimum atomic E-state index is -4.64. The van der Waals surface area contributed by atoms with Gasteiger partial charge in [-0.1, -0.05) is 0 Å². The number of fused-ring (bicyclic) bond motifs is 1. The second kappa shape index (κ2) is 6.94. The molecule has 134 valence electrons. The molecule has 1 aliphatic rings. The van der Waals surface area contributed by atoms with Gasteiger partial charge in [-0.05, 0) is 0 Å². The van der Waals surface area contributed by atoms with E-state index in [0.717, 1.165) is 0 Å². The number of nitrogens with two attached hydrogens (primary N) is 1. The number of aliphatic hydroxyl groups excluding tert-OH is 2. The minimum Gasteiger partial charge on any atom is -0.394 e. The Balaban J connectivity index is 0.000000368. The van der Waals surface area contributed by atoms with Gasteiger partial charge in [0.25, 0.3) is 0 Å². The Kier molecular flexibility index (Phi) is 5.35. The number of phosphoric acid groups is 1. The first-order valence-electron chi connectivity index (χ1n) is 6.55. The van der Waals surface area contributed by atoms with Crippen molar-refractivity contribution in [2.75, 3.05) is 12.3 Å². The van der Waals surface area contributed by atoms with Crippen molar-refractivity contribution >= 4 is 24.8 Å². The van der Waals surface area contributed by atoms with Gasteiger partial charge < -0.3 is 40.3 Å². The third-order valence-corrected chi connectivity index (χ3v) is 3.21. The summed E-state index contributed by atoms with van der Waals surface area (Å²) in [6.45, 7) is -0.314. The maximum Gasteiger partial charge on any atom is 0.466 e. The van der Waals surface area contributed by atoms with Crippen LogP contribution < -0.4 is 11.4 Å². The Morgan fingerprint density at radius 1 is 1.42 bits per heavy atom. The number of hydrogen-bond donors (Lipinski definition) is 7. The zero-order chi connectivity index (χ0) is 18.1. The Morgan fingerprint density at radius 2 is 2.04 bits per heavy atom. The molecule has 1 aliphatic heterocycles. The van der Waals surface area contributed by atoms with Crippen molar-refractivity contribution in [1.29, 1.82) is 0 Å². The topological polar surface area (TPSA) is 217 Å². The first-order valence-corrected chi connectivity index (χ1v) is 8.11. The lowest BCUT2D eigenvalue weighted by atomic mass is 10.2. The molecule has 24 heavy (non-hydrogen) atoms. The number of rotatable bonds is 2. The molecule has 13 nitrogen and oxygen atoms in total. The lowest BCUT2D eigenvalue weighted by Crippen LogP contribution is -2.25. The van der Waals surface area contributed by atoms with Crippen LogP contribution in [0, 0.1) is 0 Å². The molecule has 3 rings (SSSR count). The van der Waals surface area contributed by atoms with Gasteiger partial charge in [-0.2, -0.15) is 0 Å². The molecule has 2 aromatic rings. The van der Waals surface area contributed by atoms with E-state index in [1.165, 1.54) is 10.9 Å². The number of aromatic nitrogens is 4. The standard InChI is InChI=1S/C10H13N5O4.H3O4P/c11-8-7-9(13-3-12-8)15(10(18)14-7)6-1-4(17)5(2-16)19-6;1-5(2,3)4/h3-6,16-17H,1-2H2,(H,14,18)(H2,11,12,13);(H3,1,2,3,4)/t4-,5+,6+;/m0./s1. The highest BCUT2D eigenvalue weighted by molar-refractivity contribution is 7.45. The van der Waals surface area contributed by atoms with Gasteiger partial charge in [0.15, 0.2) is 11.5 Å². The van der Waals surface area contributed by atoms with Crippen molar-refractivity contribution < 1.29 is 34.2 Å². The predicted octanol–water partition coefficient (Wildman–Crippen LogP) is -2.59. The Bertz CT molecular complexity index is 807. The lowest BCUT2D eigenvalue weighted by Gasteiger charge is -2.12. The first-order chi connectivity index (χ1) is 11.1. The second-order valence-electron chi connectivity index (χ2n) is 4.89. The van der Waals surface area contributed by atoms with Gasteiger partial charge in [-0.15, -0.1) is 0 Å². The van der Waals surface area contributed by atoms with E-state index in [9.17, 15) is 9.90 Å². The largest absolute Gasteiger partial charge is 0.466 e. The lowest BCUT2D eigenvalue weighted by molar-refractivity contribution is -0.0441. The number of hydrogen-bond acceptors (Lipinski definition) is 8. The zero-order valence-electron chi connectivity index (χ0n) is 12.1. The number of ether oxygens (including phenoxy) is 1. The van der Waals surface area contributed by atoms with E-state index in [1.807, 2.05) is 0 Å². The van der Waals surface area contributed by atoms with Crippen LogP contribution in [0.3, 0.4) is 0 Å². The molecule has 3 heterocycles. The van der Waals surface area contributed by atoms with Gasteiger partial charge in [0, 0.05) is 6.42 Å². The smallest absolute Gasteiger partial charge is 0.394 e. The van der Waals surface area contributed by atoms with Crippen LogP contribution in [-0.2, 0) is 9.30 Å². The highest BCUT2D eigenvalue weighted by Crippen LogP contribution is 2.29. The summed E-state index contributed by atoms with van der Waals surface area (Å²) < 4.78 is 15.6. The molecule has 1 saturated heterocycles. The van der Waals surface area contributed by atoms with Crippen LogP contribution in [0.2, 0.25) is 0 Å². The molecule has 0 unspecified atom stereocenters. The molecule has 14 heteroatoms. The van der Waals surface area contributed by atoms with E-state index >= 15 is 0 Å². The van der Waals surface area contributed by atoms with Crippen molar-refractivity contribution in [2.45, 2.75) is 24.9 Å². The molecule has 0 bridgehead atoms. The molecule has 0 radical (unpaired) electrons. The minimum absolute atomic E-state index is 0.165. The monoisotopic (exact) mass is 365 g/mol. The van der Waals surface area contributed by atoms with E-state index in [2.05, 4.69) is 15.0 Å². The van der Waals surface area contributed by atoms with Crippen molar-refractivity contribution in [3.8, 4) is 0 Å². The van der Waals surface area contributed by atoms with Crippen molar-refractivity contribution in [2.24, 2.45) is 0 Å². The number of aromatic amines is 1. The number of H-pyrrole nitrogens is 1. The van der Waals surface area contributed by atoms with Crippen LogP contribution in [0.5, 0.6) is 0 Å². The Hall–Kier alpha value is -1.86. The molecule has 2 aromatic heterocycles. The van der Waals surface area contributed by atoms with Crippen LogP contribution in [-0.4, -0.2) is 63.2 Å². The normalized spacial score (nSPS) is 24.0. The SMILES string of the molecule is Nc1ncnc2c1[nH]c(=O)n2[C@H]1C[C@H](O)[C@@H](CO)O1.O=P(O)(O)O. The highest BCUT2D eigenvalue weighted by Gasteiger charge is 2.36. The fourth-order valence-electron chi connectivity index (χ4n) is 2.26. The van der Waals surface area contributed by atoms with E-state index in [4.69, 9.17) is 34.8 Å². The first kappa shape index (κ1) is 18.5. The summed E-state index contributed by atoms with van der Waals surface area (Å²) in [5, 5.41) is 18.8. The summed E-state index contributed by atoms with van der Waals surface area (Å²) in [5.41, 5.74) is 5.85. The Morgan fingerprint density at radius 3 is 2.58 bits per heavy atom. The summed E-state index contributed by atoms with van der Waals surface area (Å²) in [5.74, 6) is 0.165. The third-order valence-electron chi connectivity index (χ3n) is 3.21. The van der Waals surface area contributed by atoms with E-state index < -0.39 is 31.9 Å². The molecule has 0 amide bonds. The van der Waals surface area contributed by atoms with Crippen LogP contribution in [0.1, 0.15) is 12.6 Å². The van der Waals surface area contributed by atoms with Crippen LogP contribution in [0.4, 0.5) is 5.82 Å². The summed E-state index contributed by atoms with van der Waals surface area (Å²) in [6, 6.07) is 0. The number of nitrogens with zero attached hydrogens (tertiary/aromatic N) is 3. The zero-order valence-corrected chi connectivity index (χ0v) is 12.9. The fraction of sp³-hybridized carbons (Fsp3) is 0.500. The fourth-order valence-corrected chi connectivity index (χ4v) is 2.26. The van der Waals surface area contributed by atoms with Gasteiger partial charge in [0.05, 0.1) is 12.7 Å². The molecule has 0 aliphatic carbocycles. The van der Waals surface area contributed by atoms with Gasteiger partial charge in [-0.3, -0.25) is 0 Å². The average Bonchev–Trinajstić information content (AvgIpc) is 2.97. The highest BCUT2D eigenvalue weighted by atomic mass is 31.2. The Labute approximate surface area is 133 Å². The number of nitrogens with one attached hydrogen (secondary N) is 1. The summed E-state index contributed by atoms with van der Waals surface area (Å²) in [7, 11) is -4.64. The van der Waals surface area contributed by atoms with E-state index in [0.29, 0.717) is 11.2 Å². The third kappa shape index (κ3) is 4.15. The summed E-state index contributed by atoms with van der Waals surface area (Å²) in [6.07, 6.45) is -0.784. The van der Waals surface area contributed by atoms with Crippen molar-refractivity contribution in [3.63, 3.8) is 0 Å². The van der Waals surface area contributed by atoms with Crippen molar-refractivity contribution in [3.05, 3.63) is 16.8 Å². The number of aliphatic hydroxyl groups is 2. The van der Waals surface area contributed by atoms with Crippen LogP contribution in [0.25, 0.3) is 11.2 Å². The average molecular weight is 365 g/mol. The quantitative estimate of drug-likeness (QED) is 0.274. The van der Waals surface area contributed by atoms with Gasteiger partial charge >= 0.3 is 13.5 Å². The molecule has 8 N–H and O–H groups in total. The van der Waals surface area contributed by atoms with E-state index in [-0.39, 0.29) is 18.8 Å². The molecule has 0 saturated carbocycles. The number of anilines is 1. The van der Waals surface area contributed by atoms with Gasteiger partial charge in [-0.25, -0.2) is 23.9 Å². The molecular weight excluding hydrogens is 349 g/mol. The van der Waals surface area contributed by atoms with Gasteiger partial charge in [0.1, 0.15) is 24.2 Å². The molecule has 0 spiro atoms.